The average Bonchev–Trinajstić information content (AvgIpc) is 2.65. The third-order valence-electron chi connectivity index (χ3n) is 2.20. The van der Waals surface area contributed by atoms with Gasteiger partial charge in [0.15, 0.2) is 0 Å². The van der Waals surface area contributed by atoms with Gasteiger partial charge in [-0.1, -0.05) is 22.5 Å². The van der Waals surface area contributed by atoms with Crippen LogP contribution in [0.2, 0.25) is 0 Å². The van der Waals surface area contributed by atoms with E-state index in [0.29, 0.717) is 5.92 Å². The van der Waals surface area contributed by atoms with Gasteiger partial charge in [-0.05, 0) is 36.1 Å². The maximum atomic E-state index is 10.6. The Morgan fingerprint density at radius 1 is 1.69 bits per heavy atom. The lowest BCUT2D eigenvalue weighted by Gasteiger charge is -2.00. The fourth-order valence-electron chi connectivity index (χ4n) is 1.44. The van der Waals surface area contributed by atoms with Gasteiger partial charge in [0.2, 0.25) is 0 Å². The topological polar surface area (TPSA) is 26.3 Å². The summed E-state index contributed by atoms with van der Waals surface area (Å²) in [5.74, 6) is 0.452. The first-order valence-corrected chi connectivity index (χ1v) is 5.39. The summed E-state index contributed by atoms with van der Waals surface area (Å²) in [7, 11) is 0. The zero-order chi connectivity index (χ0) is 9.84. The molecule has 1 rings (SSSR count). The molecule has 13 heavy (non-hydrogen) atoms. The Hall–Kier alpha value is -0.310. The lowest BCUT2D eigenvalue weighted by molar-refractivity contribution is -0.142. The second kappa shape index (κ2) is 4.80. The highest BCUT2D eigenvalue weighted by Gasteiger charge is 2.39. The molecule has 1 aliphatic carbocycles. The summed E-state index contributed by atoms with van der Waals surface area (Å²) >= 11 is 3.32. The number of halogens is 1. The molecule has 2 unspecified atom stereocenters. The fraction of sp³-hybridized carbons (Fsp3) is 0.700. The highest BCUT2D eigenvalue weighted by atomic mass is 79.9. The van der Waals surface area contributed by atoms with Gasteiger partial charge in [-0.2, -0.15) is 0 Å². The Balaban J connectivity index is 2.01. The van der Waals surface area contributed by atoms with Crippen LogP contribution in [-0.2, 0) is 9.53 Å². The summed E-state index contributed by atoms with van der Waals surface area (Å²) in [5.41, 5.74) is 0. The van der Waals surface area contributed by atoms with Crippen LogP contribution in [0.25, 0.3) is 0 Å². The van der Waals surface area contributed by atoms with Crippen molar-refractivity contribution in [1.82, 2.24) is 0 Å². The van der Waals surface area contributed by atoms with Crippen LogP contribution in [0.1, 0.15) is 32.6 Å². The van der Waals surface area contributed by atoms with Crippen LogP contribution in [0, 0.1) is 5.92 Å². The molecule has 2 atom stereocenters. The molecule has 0 aromatic heterocycles. The minimum atomic E-state index is -0.155. The minimum Gasteiger partial charge on any atom is -0.462 e. The number of carbonyl (C=O) groups excluding carboxylic acids is 1. The number of carbonyl (C=O) groups is 1. The number of allylic oxidation sites excluding steroid dienone is 1. The van der Waals surface area contributed by atoms with Crippen molar-refractivity contribution in [3.05, 3.63) is 11.1 Å². The Kier molecular flexibility index (Phi) is 3.97. The van der Waals surface area contributed by atoms with Gasteiger partial charge in [0.1, 0.15) is 6.10 Å². The van der Waals surface area contributed by atoms with Crippen LogP contribution in [0.5, 0.6) is 0 Å². The average molecular weight is 247 g/mol. The number of ether oxygens (including phenoxy) is 1. The molecular weight excluding hydrogens is 232 g/mol. The quantitative estimate of drug-likeness (QED) is 0.698. The van der Waals surface area contributed by atoms with E-state index in [2.05, 4.69) is 22.5 Å². The summed E-state index contributed by atoms with van der Waals surface area (Å²) in [5, 5.41) is 0. The first kappa shape index (κ1) is 10.8. The van der Waals surface area contributed by atoms with Crippen molar-refractivity contribution in [2.24, 2.45) is 5.92 Å². The van der Waals surface area contributed by atoms with Crippen molar-refractivity contribution in [3.63, 3.8) is 0 Å². The molecule has 0 radical (unpaired) electrons. The van der Waals surface area contributed by atoms with Crippen LogP contribution >= 0.6 is 15.9 Å². The highest BCUT2D eigenvalue weighted by molar-refractivity contribution is 9.11. The van der Waals surface area contributed by atoms with E-state index in [1.165, 1.54) is 6.92 Å². The van der Waals surface area contributed by atoms with Gasteiger partial charge in [0, 0.05) is 6.92 Å². The second-order valence-electron chi connectivity index (χ2n) is 3.55. The summed E-state index contributed by atoms with van der Waals surface area (Å²) in [6, 6.07) is 0. The standard InChI is InChI=1S/C10H15BrO2/c1-7(11)4-3-5-9-6-10(9)13-8(2)12/h9-10H,1,3-6H2,2H3. The minimum absolute atomic E-state index is 0.155. The van der Waals surface area contributed by atoms with Crippen molar-refractivity contribution < 1.29 is 9.53 Å². The zero-order valence-electron chi connectivity index (χ0n) is 7.88. The van der Waals surface area contributed by atoms with Gasteiger partial charge in [-0.15, -0.1) is 0 Å². The SMILES string of the molecule is C=C(Br)CCCC1CC1OC(C)=O. The first-order chi connectivity index (χ1) is 6.09. The van der Waals surface area contributed by atoms with E-state index in [-0.39, 0.29) is 12.1 Å². The van der Waals surface area contributed by atoms with Crippen LogP contribution in [0.15, 0.2) is 11.1 Å². The van der Waals surface area contributed by atoms with Crippen LogP contribution in [0.4, 0.5) is 0 Å². The Morgan fingerprint density at radius 3 is 2.92 bits per heavy atom. The number of rotatable bonds is 5. The zero-order valence-corrected chi connectivity index (χ0v) is 9.47. The van der Waals surface area contributed by atoms with Crippen molar-refractivity contribution in [2.75, 3.05) is 0 Å². The predicted molar refractivity (Wildman–Crippen MR) is 55.6 cm³/mol. The Bertz CT molecular complexity index is 213. The molecule has 0 aromatic carbocycles. The molecule has 74 valence electrons. The normalized spacial score (nSPS) is 25.4. The maximum absolute atomic E-state index is 10.6. The third kappa shape index (κ3) is 4.46. The molecule has 0 heterocycles. The summed E-state index contributed by atoms with van der Waals surface area (Å²) in [4.78, 5) is 10.6. The second-order valence-corrected chi connectivity index (χ2v) is 4.67. The van der Waals surface area contributed by atoms with E-state index in [9.17, 15) is 4.79 Å². The summed E-state index contributed by atoms with van der Waals surface area (Å²) in [6.07, 6.45) is 4.55. The van der Waals surface area contributed by atoms with E-state index >= 15 is 0 Å². The summed E-state index contributed by atoms with van der Waals surface area (Å²) < 4.78 is 6.11. The molecule has 0 aromatic rings. The Morgan fingerprint density at radius 2 is 2.38 bits per heavy atom. The maximum Gasteiger partial charge on any atom is 0.302 e. The third-order valence-corrected chi connectivity index (χ3v) is 2.59. The van der Waals surface area contributed by atoms with Crippen molar-refractivity contribution in [1.29, 1.82) is 0 Å². The number of esters is 1. The molecule has 0 bridgehead atoms. The first-order valence-electron chi connectivity index (χ1n) is 4.60. The van der Waals surface area contributed by atoms with E-state index in [1.807, 2.05) is 0 Å². The molecule has 1 fully saturated rings. The van der Waals surface area contributed by atoms with E-state index in [0.717, 1.165) is 30.2 Å². The number of hydrogen-bond acceptors (Lipinski definition) is 2. The molecule has 0 amide bonds. The molecule has 3 heteroatoms. The molecule has 1 aliphatic rings. The molecule has 0 aliphatic heterocycles. The van der Waals surface area contributed by atoms with Gasteiger partial charge in [0.25, 0.3) is 0 Å². The van der Waals surface area contributed by atoms with Gasteiger partial charge in [-0.3, -0.25) is 4.79 Å². The van der Waals surface area contributed by atoms with Crippen LogP contribution < -0.4 is 0 Å². The van der Waals surface area contributed by atoms with Crippen LogP contribution in [0.3, 0.4) is 0 Å². The molecular formula is C10H15BrO2. The molecule has 0 N–H and O–H groups in total. The van der Waals surface area contributed by atoms with Crippen LogP contribution in [-0.4, -0.2) is 12.1 Å². The van der Waals surface area contributed by atoms with Gasteiger partial charge >= 0.3 is 5.97 Å². The van der Waals surface area contributed by atoms with Crippen molar-refractivity contribution >= 4 is 21.9 Å². The van der Waals surface area contributed by atoms with Crippen molar-refractivity contribution in [2.45, 2.75) is 38.7 Å². The molecule has 0 spiro atoms. The summed E-state index contributed by atoms with van der Waals surface area (Å²) in [6.45, 7) is 5.24. The molecule has 1 saturated carbocycles. The monoisotopic (exact) mass is 246 g/mol. The Labute approximate surface area is 87.5 Å². The lowest BCUT2D eigenvalue weighted by atomic mass is 10.2. The smallest absolute Gasteiger partial charge is 0.302 e. The molecule has 2 nitrogen and oxygen atoms in total. The predicted octanol–water partition coefficient (Wildman–Crippen LogP) is 3.02. The largest absolute Gasteiger partial charge is 0.462 e. The highest BCUT2D eigenvalue weighted by Crippen LogP contribution is 2.38. The van der Waals surface area contributed by atoms with Crippen molar-refractivity contribution in [3.8, 4) is 0 Å². The number of hydrogen-bond donors (Lipinski definition) is 0. The van der Waals surface area contributed by atoms with E-state index < -0.39 is 0 Å². The van der Waals surface area contributed by atoms with Gasteiger partial charge in [0.05, 0.1) is 0 Å². The molecule has 0 saturated heterocycles. The van der Waals surface area contributed by atoms with E-state index in [1.54, 1.807) is 0 Å². The van der Waals surface area contributed by atoms with Gasteiger partial charge in [-0.25, -0.2) is 0 Å². The van der Waals surface area contributed by atoms with Gasteiger partial charge < -0.3 is 4.74 Å². The lowest BCUT2D eigenvalue weighted by Crippen LogP contribution is -2.02. The fourth-order valence-corrected chi connectivity index (χ4v) is 1.72. The van der Waals surface area contributed by atoms with E-state index in [4.69, 9.17) is 4.74 Å².